The third kappa shape index (κ3) is 4.44. The summed E-state index contributed by atoms with van der Waals surface area (Å²) >= 11 is 0. The summed E-state index contributed by atoms with van der Waals surface area (Å²) < 4.78 is 13.2. The SMILES string of the molecule is CC1CN(Cc2ccc(F)cc2)CC(C)N1C(=O)c1ccc(-c2cccc3cccnc23)cc1. The Morgan fingerprint density at radius 3 is 2.29 bits per heavy atom. The lowest BCUT2D eigenvalue weighted by Gasteiger charge is -2.44. The number of rotatable bonds is 4. The second-order valence-electron chi connectivity index (χ2n) is 9.19. The highest BCUT2D eigenvalue weighted by atomic mass is 19.1. The van der Waals surface area contributed by atoms with Gasteiger partial charge < -0.3 is 4.90 Å². The van der Waals surface area contributed by atoms with Gasteiger partial charge in [-0.1, -0.05) is 48.5 Å². The number of piperazine rings is 1. The van der Waals surface area contributed by atoms with Gasteiger partial charge in [0.05, 0.1) is 5.52 Å². The minimum absolute atomic E-state index is 0.0593. The normalized spacial score (nSPS) is 18.9. The molecule has 4 nitrogen and oxygen atoms in total. The highest BCUT2D eigenvalue weighted by Crippen LogP contribution is 2.28. The van der Waals surface area contributed by atoms with Gasteiger partial charge in [0, 0.05) is 54.4 Å². The molecule has 5 heteroatoms. The predicted octanol–water partition coefficient (Wildman–Crippen LogP) is 5.78. The van der Waals surface area contributed by atoms with Crippen LogP contribution in [0.15, 0.2) is 85.1 Å². The molecular weight excluding hydrogens is 425 g/mol. The molecule has 0 saturated carbocycles. The summed E-state index contributed by atoms with van der Waals surface area (Å²) in [6.45, 7) is 6.52. The Morgan fingerprint density at radius 1 is 0.912 bits per heavy atom. The quantitative estimate of drug-likeness (QED) is 0.393. The molecule has 0 bridgehead atoms. The highest BCUT2D eigenvalue weighted by molar-refractivity contribution is 5.97. The van der Waals surface area contributed by atoms with Crippen LogP contribution in [0.3, 0.4) is 0 Å². The number of aromatic nitrogens is 1. The van der Waals surface area contributed by atoms with E-state index in [1.165, 1.54) is 12.1 Å². The molecule has 2 unspecified atom stereocenters. The summed E-state index contributed by atoms with van der Waals surface area (Å²) in [5.74, 6) is -0.160. The number of hydrogen-bond donors (Lipinski definition) is 0. The zero-order valence-electron chi connectivity index (χ0n) is 19.5. The largest absolute Gasteiger partial charge is 0.331 e. The number of carbonyl (C=O) groups is 1. The maximum Gasteiger partial charge on any atom is 0.254 e. The third-order valence-electron chi connectivity index (χ3n) is 6.62. The smallest absolute Gasteiger partial charge is 0.254 e. The first kappa shape index (κ1) is 22.2. The van der Waals surface area contributed by atoms with Crippen molar-refractivity contribution in [3.05, 3.63) is 102 Å². The Morgan fingerprint density at radius 2 is 1.59 bits per heavy atom. The molecule has 0 N–H and O–H groups in total. The van der Waals surface area contributed by atoms with Crippen LogP contribution in [0.25, 0.3) is 22.0 Å². The minimum atomic E-state index is -0.219. The summed E-state index contributed by atoms with van der Waals surface area (Å²) in [5, 5.41) is 1.10. The van der Waals surface area contributed by atoms with Crippen molar-refractivity contribution in [3.8, 4) is 11.1 Å². The van der Waals surface area contributed by atoms with Crippen molar-refractivity contribution in [2.45, 2.75) is 32.5 Å². The summed E-state index contributed by atoms with van der Waals surface area (Å²) in [6.07, 6.45) is 1.81. The van der Waals surface area contributed by atoms with Crippen molar-refractivity contribution in [2.24, 2.45) is 0 Å². The van der Waals surface area contributed by atoms with Crippen LogP contribution in [-0.2, 0) is 6.54 Å². The minimum Gasteiger partial charge on any atom is -0.331 e. The van der Waals surface area contributed by atoms with Gasteiger partial charge in [-0.15, -0.1) is 0 Å². The molecule has 3 aromatic carbocycles. The van der Waals surface area contributed by atoms with E-state index in [9.17, 15) is 9.18 Å². The predicted molar refractivity (Wildman–Crippen MR) is 134 cm³/mol. The van der Waals surface area contributed by atoms with E-state index in [0.29, 0.717) is 5.56 Å². The van der Waals surface area contributed by atoms with Crippen LogP contribution in [0.1, 0.15) is 29.8 Å². The molecule has 0 aliphatic carbocycles. The van der Waals surface area contributed by atoms with E-state index in [4.69, 9.17) is 0 Å². The zero-order valence-corrected chi connectivity index (χ0v) is 19.5. The summed E-state index contributed by atoms with van der Waals surface area (Å²) in [6, 6.07) is 24.8. The summed E-state index contributed by atoms with van der Waals surface area (Å²) in [7, 11) is 0. The molecule has 4 aromatic rings. The van der Waals surface area contributed by atoms with Crippen LogP contribution in [0.4, 0.5) is 4.39 Å². The van der Waals surface area contributed by atoms with Gasteiger partial charge in [-0.3, -0.25) is 14.7 Å². The number of hydrogen-bond acceptors (Lipinski definition) is 3. The Labute approximate surface area is 199 Å². The number of nitrogens with zero attached hydrogens (tertiary/aromatic N) is 3. The highest BCUT2D eigenvalue weighted by Gasteiger charge is 2.33. The second-order valence-corrected chi connectivity index (χ2v) is 9.19. The number of halogens is 1. The maximum atomic E-state index is 13.4. The van der Waals surface area contributed by atoms with Crippen LogP contribution >= 0.6 is 0 Å². The number of carbonyl (C=O) groups excluding carboxylic acids is 1. The Balaban J connectivity index is 1.31. The summed E-state index contributed by atoms with van der Waals surface area (Å²) in [4.78, 5) is 22.3. The Bertz CT molecular complexity index is 1290. The first-order chi connectivity index (χ1) is 16.5. The second kappa shape index (κ2) is 9.35. The lowest BCUT2D eigenvalue weighted by Crippen LogP contribution is -2.58. The van der Waals surface area contributed by atoms with Crippen molar-refractivity contribution in [2.75, 3.05) is 13.1 Å². The molecule has 34 heavy (non-hydrogen) atoms. The fourth-order valence-corrected chi connectivity index (χ4v) is 5.09. The van der Waals surface area contributed by atoms with Crippen LogP contribution in [0, 0.1) is 5.82 Å². The molecule has 0 radical (unpaired) electrons. The van der Waals surface area contributed by atoms with E-state index < -0.39 is 0 Å². The molecule has 1 aliphatic heterocycles. The number of fused-ring (bicyclic) bond motifs is 1. The van der Waals surface area contributed by atoms with E-state index in [1.54, 1.807) is 0 Å². The molecule has 1 aromatic heterocycles. The van der Waals surface area contributed by atoms with Crippen LogP contribution in [0.5, 0.6) is 0 Å². The molecule has 0 spiro atoms. The summed E-state index contributed by atoms with van der Waals surface area (Å²) in [5.41, 5.74) is 4.85. The molecular formula is C29H28FN3O. The molecule has 2 atom stereocenters. The fourth-order valence-electron chi connectivity index (χ4n) is 5.09. The van der Waals surface area contributed by atoms with Crippen molar-refractivity contribution >= 4 is 16.8 Å². The van der Waals surface area contributed by atoms with Gasteiger partial charge in [-0.05, 0) is 55.3 Å². The topological polar surface area (TPSA) is 36.4 Å². The van der Waals surface area contributed by atoms with Gasteiger partial charge in [0.1, 0.15) is 5.82 Å². The van der Waals surface area contributed by atoms with E-state index in [0.717, 1.165) is 47.2 Å². The van der Waals surface area contributed by atoms with Crippen LogP contribution < -0.4 is 0 Å². The van der Waals surface area contributed by atoms with Gasteiger partial charge in [-0.2, -0.15) is 0 Å². The van der Waals surface area contributed by atoms with E-state index in [2.05, 4.69) is 41.9 Å². The average Bonchev–Trinajstić information content (AvgIpc) is 2.85. The van der Waals surface area contributed by atoms with E-state index in [1.807, 2.05) is 59.6 Å². The van der Waals surface area contributed by atoms with E-state index in [-0.39, 0.29) is 23.8 Å². The zero-order chi connectivity index (χ0) is 23.7. The van der Waals surface area contributed by atoms with Crippen LogP contribution in [0.2, 0.25) is 0 Å². The first-order valence-electron chi connectivity index (χ1n) is 11.7. The first-order valence-corrected chi connectivity index (χ1v) is 11.7. The molecule has 172 valence electrons. The molecule has 2 heterocycles. The van der Waals surface area contributed by atoms with Gasteiger partial charge in [-0.25, -0.2) is 4.39 Å². The van der Waals surface area contributed by atoms with Gasteiger partial charge >= 0.3 is 0 Å². The van der Waals surface area contributed by atoms with Gasteiger partial charge in [0.2, 0.25) is 0 Å². The third-order valence-corrected chi connectivity index (χ3v) is 6.62. The van der Waals surface area contributed by atoms with Crippen molar-refractivity contribution in [1.29, 1.82) is 0 Å². The lowest BCUT2D eigenvalue weighted by atomic mass is 9.99. The average molecular weight is 454 g/mol. The van der Waals surface area contributed by atoms with Crippen LogP contribution in [-0.4, -0.2) is 45.9 Å². The maximum absolute atomic E-state index is 13.4. The van der Waals surface area contributed by atoms with E-state index >= 15 is 0 Å². The number of para-hydroxylation sites is 1. The van der Waals surface area contributed by atoms with Gasteiger partial charge in [0.15, 0.2) is 0 Å². The molecule has 1 saturated heterocycles. The number of amides is 1. The monoisotopic (exact) mass is 453 g/mol. The molecule has 5 rings (SSSR count). The molecule has 1 fully saturated rings. The number of benzene rings is 3. The van der Waals surface area contributed by atoms with Crippen molar-refractivity contribution in [3.63, 3.8) is 0 Å². The molecule has 1 aliphatic rings. The fraction of sp³-hybridized carbons (Fsp3) is 0.241. The number of pyridine rings is 1. The van der Waals surface area contributed by atoms with Gasteiger partial charge in [0.25, 0.3) is 5.91 Å². The standard InChI is InChI=1S/C29H28FN3O/c1-20-17-32(19-22-8-14-26(30)15-9-22)18-21(2)33(20)29(34)25-12-10-23(11-13-25)27-7-3-5-24-6-4-16-31-28(24)27/h3-16,20-21H,17-19H2,1-2H3. The lowest BCUT2D eigenvalue weighted by molar-refractivity contribution is 0.0268. The Kier molecular flexibility index (Phi) is 6.12. The van der Waals surface area contributed by atoms with Crippen molar-refractivity contribution < 1.29 is 9.18 Å². The van der Waals surface area contributed by atoms with Crippen molar-refractivity contribution in [1.82, 2.24) is 14.8 Å². The molecule has 1 amide bonds. The Hall–Kier alpha value is -3.57.